The molecule has 118 valence electrons. The van der Waals surface area contributed by atoms with Gasteiger partial charge < -0.3 is 10.1 Å². The molecule has 2 rings (SSSR count). The van der Waals surface area contributed by atoms with Gasteiger partial charge in [0.2, 0.25) is 0 Å². The number of Topliss-reactive ketones (excluding diaryl/α,β-unsaturated/α-hetero) is 1. The van der Waals surface area contributed by atoms with Crippen molar-refractivity contribution in [1.29, 1.82) is 0 Å². The third-order valence-electron chi connectivity index (χ3n) is 3.52. The number of rotatable bonds is 6. The minimum Gasteiger partial charge on any atom is -0.454 e. The van der Waals surface area contributed by atoms with Crippen molar-refractivity contribution in [2.45, 2.75) is 38.2 Å². The maximum absolute atomic E-state index is 11.7. The second-order valence-electron chi connectivity index (χ2n) is 5.14. The van der Waals surface area contributed by atoms with E-state index >= 15 is 0 Å². The van der Waals surface area contributed by atoms with Crippen LogP contribution in [0.4, 0.5) is 11.4 Å². The van der Waals surface area contributed by atoms with Gasteiger partial charge in [0, 0.05) is 19.0 Å². The zero-order valence-electron chi connectivity index (χ0n) is 12.1. The molecule has 0 spiro atoms. The Kier molecular flexibility index (Phi) is 5.46. The molecule has 1 atom stereocenters. The van der Waals surface area contributed by atoms with Crippen molar-refractivity contribution < 1.29 is 19.2 Å². The molecular formula is C15H18N2O5. The molecule has 0 aliphatic heterocycles. The molecule has 7 nitrogen and oxygen atoms in total. The molecule has 1 N–H and O–H groups in total. The number of nitrogens with one attached hydrogen (secondary N) is 1. The molecular weight excluding hydrogens is 288 g/mol. The van der Waals surface area contributed by atoms with Crippen molar-refractivity contribution in [3.63, 3.8) is 0 Å². The van der Waals surface area contributed by atoms with Crippen LogP contribution >= 0.6 is 0 Å². The van der Waals surface area contributed by atoms with E-state index in [1.54, 1.807) is 18.2 Å². The van der Waals surface area contributed by atoms with E-state index < -0.39 is 17.0 Å². The zero-order valence-corrected chi connectivity index (χ0v) is 12.1. The van der Waals surface area contributed by atoms with Gasteiger partial charge in [0.1, 0.15) is 5.69 Å². The van der Waals surface area contributed by atoms with Crippen LogP contribution in [0, 0.1) is 10.1 Å². The van der Waals surface area contributed by atoms with Gasteiger partial charge in [-0.2, -0.15) is 0 Å². The van der Waals surface area contributed by atoms with Gasteiger partial charge in [-0.15, -0.1) is 0 Å². The van der Waals surface area contributed by atoms with Crippen molar-refractivity contribution in [2.75, 3.05) is 11.9 Å². The lowest BCUT2D eigenvalue weighted by molar-refractivity contribution is -0.384. The van der Waals surface area contributed by atoms with Crippen LogP contribution in [0.3, 0.4) is 0 Å². The van der Waals surface area contributed by atoms with Crippen molar-refractivity contribution in [1.82, 2.24) is 0 Å². The van der Waals surface area contributed by atoms with Crippen LogP contribution in [-0.4, -0.2) is 29.3 Å². The number of benzene rings is 1. The number of carbonyl (C=O) groups is 2. The summed E-state index contributed by atoms with van der Waals surface area (Å²) in [5, 5.41) is 13.7. The lowest BCUT2D eigenvalue weighted by atomic mass is 9.96. The summed E-state index contributed by atoms with van der Waals surface area (Å²) in [6.45, 7) is 0.213. The molecule has 1 aromatic carbocycles. The third kappa shape index (κ3) is 4.28. The summed E-state index contributed by atoms with van der Waals surface area (Å²) >= 11 is 0. The number of nitro groups is 1. The van der Waals surface area contributed by atoms with E-state index in [1.165, 1.54) is 6.07 Å². The zero-order chi connectivity index (χ0) is 15.9. The fourth-order valence-electron chi connectivity index (χ4n) is 2.37. The third-order valence-corrected chi connectivity index (χ3v) is 3.52. The molecule has 1 aromatic rings. The Morgan fingerprint density at radius 3 is 2.86 bits per heavy atom. The van der Waals surface area contributed by atoms with Crippen LogP contribution in [0.1, 0.15) is 32.1 Å². The molecule has 0 saturated heterocycles. The highest BCUT2D eigenvalue weighted by atomic mass is 16.6. The molecule has 7 heteroatoms. The topological polar surface area (TPSA) is 98.5 Å². The number of ether oxygens (including phenoxy) is 1. The van der Waals surface area contributed by atoms with Crippen molar-refractivity contribution in [2.24, 2.45) is 0 Å². The Hall–Kier alpha value is -2.44. The first-order valence-corrected chi connectivity index (χ1v) is 7.27. The Labute approximate surface area is 127 Å². The first-order valence-electron chi connectivity index (χ1n) is 7.27. The van der Waals surface area contributed by atoms with E-state index in [-0.39, 0.29) is 24.4 Å². The van der Waals surface area contributed by atoms with Crippen LogP contribution in [0.2, 0.25) is 0 Å². The summed E-state index contributed by atoms with van der Waals surface area (Å²) in [6.07, 6.45) is 2.22. The molecule has 0 heterocycles. The highest BCUT2D eigenvalue weighted by Crippen LogP contribution is 2.23. The molecule has 0 radical (unpaired) electrons. The van der Waals surface area contributed by atoms with Gasteiger partial charge in [0.15, 0.2) is 11.9 Å². The monoisotopic (exact) mass is 306 g/mol. The highest BCUT2D eigenvalue weighted by Gasteiger charge is 2.25. The normalized spacial score (nSPS) is 17.8. The SMILES string of the molecule is O=C(CCNc1ccccc1[N+](=O)[O-])O[C@H]1CCCCC1=O. The Bertz CT molecular complexity index is 573. The van der Waals surface area contributed by atoms with Gasteiger partial charge in [-0.3, -0.25) is 19.7 Å². The van der Waals surface area contributed by atoms with Crippen molar-refractivity contribution >= 4 is 23.1 Å². The highest BCUT2D eigenvalue weighted by molar-refractivity contribution is 5.86. The fourth-order valence-corrected chi connectivity index (χ4v) is 2.37. The minimum absolute atomic E-state index is 0.0220. The molecule has 1 fully saturated rings. The molecule has 1 saturated carbocycles. The number of hydrogen-bond acceptors (Lipinski definition) is 6. The maximum atomic E-state index is 11.7. The first kappa shape index (κ1) is 15.9. The van der Waals surface area contributed by atoms with Crippen molar-refractivity contribution in [3.8, 4) is 0 Å². The smallest absolute Gasteiger partial charge is 0.308 e. The van der Waals surface area contributed by atoms with Crippen LogP contribution in [0.15, 0.2) is 24.3 Å². The summed E-state index contributed by atoms with van der Waals surface area (Å²) in [6, 6.07) is 6.22. The molecule has 1 aliphatic carbocycles. The molecule has 22 heavy (non-hydrogen) atoms. The second kappa shape index (κ2) is 7.53. The first-order chi connectivity index (χ1) is 10.6. The Morgan fingerprint density at radius 2 is 2.14 bits per heavy atom. The summed E-state index contributed by atoms with van der Waals surface area (Å²) in [5.74, 6) is -0.488. The van der Waals surface area contributed by atoms with Crippen LogP contribution in [0.25, 0.3) is 0 Å². The average Bonchev–Trinajstić information content (AvgIpc) is 2.50. The lowest BCUT2D eigenvalue weighted by Crippen LogP contribution is -2.30. The number of nitrogens with zero attached hydrogens (tertiary/aromatic N) is 1. The van der Waals surface area contributed by atoms with Crippen molar-refractivity contribution in [3.05, 3.63) is 34.4 Å². The van der Waals surface area contributed by atoms with E-state index in [0.29, 0.717) is 18.5 Å². The van der Waals surface area contributed by atoms with Crippen LogP contribution in [0.5, 0.6) is 0 Å². The molecule has 0 aromatic heterocycles. The van der Waals surface area contributed by atoms with Gasteiger partial charge in [0.25, 0.3) is 5.69 Å². The van der Waals surface area contributed by atoms with Gasteiger partial charge in [-0.1, -0.05) is 12.1 Å². The number of anilines is 1. The van der Waals surface area contributed by atoms with E-state index in [4.69, 9.17) is 4.74 Å². The molecule has 0 bridgehead atoms. The second-order valence-corrected chi connectivity index (χ2v) is 5.14. The van der Waals surface area contributed by atoms with Crippen LogP contribution < -0.4 is 5.32 Å². The minimum atomic E-state index is -0.618. The summed E-state index contributed by atoms with van der Waals surface area (Å²) in [5.41, 5.74) is 0.312. The molecule has 0 unspecified atom stereocenters. The molecule has 1 aliphatic rings. The summed E-state index contributed by atoms with van der Waals surface area (Å²) in [4.78, 5) is 33.7. The Morgan fingerprint density at radius 1 is 1.36 bits per heavy atom. The van der Waals surface area contributed by atoms with E-state index in [2.05, 4.69) is 5.32 Å². The maximum Gasteiger partial charge on any atom is 0.308 e. The number of nitro benzene ring substituents is 1. The van der Waals surface area contributed by atoms with Gasteiger partial charge >= 0.3 is 5.97 Å². The van der Waals surface area contributed by atoms with E-state index in [1.807, 2.05) is 0 Å². The van der Waals surface area contributed by atoms with E-state index in [9.17, 15) is 19.7 Å². The predicted octanol–water partition coefficient (Wildman–Crippen LogP) is 2.45. The number of para-hydroxylation sites is 2. The standard InChI is InChI=1S/C15H18N2O5/c18-13-7-3-4-8-14(13)22-15(19)9-10-16-11-5-1-2-6-12(11)17(20)21/h1-2,5-6,14,16H,3-4,7-10H2/t14-/m0/s1. The molecule has 0 amide bonds. The largest absolute Gasteiger partial charge is 0.454 e. The van der Waals surface area contributed by atoms with E-state index in [0.717, 1.165) is 12.8 Å². The number of ketones is 1. The van der Waals surface area contributed by atoms with Gasteiger partial charge in [-0.05, 0) is 25.3 Å². The lowest BCUT2D eigenvalue weighted by Gasteiger charge is -2.20. The summed E-state index contributed by atoms with van der Waals surface area (Å²) in [7, 11) is 0. The Balaban J connectivity index is 1.80. The number of esters is 1. The number of hydrogen-bond donors (Lipinski definition) is 1. The van der Waals surface area contributed by atoms with Gasteiger partial charge in [-0.25, -0.2) is 0 Å². The van der Waals surface area contributed by atoms with Gasteiger partial charge in [0.05, 0.1) is 11.3 Å². The fraction of sp³-hybridized carbons (Fsp3) is 0.467. The van der Waals surface area contributed by atoms with Crippen LogP contribution in [-0.2, 0) is 14.3 Å². The quantitative estimate of drug-likeness (QED) is 0.492. The number of carbonyl (C=O) groups excluding carboxylic acids is 2. The predicted molar refractivity (Wildman–Crippen MR) is 79.6 cm³/mol. The average molecular weight is 306 g/mol. The summed E-state index contributed by atoms with van der Waals surface area (Å²) < 4.78 is 5.16.